The Hall–Kier alpha value is -2.67. The SMILES string of the molecule is CCCc1ccccc1CCC(=O)c1ccc(C2CCC(c3ccccc3C)CC2)c(C)c1. The number of aryl methyl sites for hydroxylation is 4. The van der Waals surface area contributed by atoms with E-state index in [0.717, 1.165) is 24.8 Å². The molecule has 0 aliphatic heterocycles. The molecule has 0 bridgehead atoms. The minimum atomic E-state index is 0.263. The minimum Gasteiger partial charge on any atom is -0.294 e. The average molecular weight is 439 g/mol. The summed E-state index contributed by atoms with van der Waals surface area (Å²) in [5.74, 6) is 1.58. The van der Waals surface area contributed by atoms with Crippen LogP contribution < -0.4 is 0 Å². The first-order valence-corrected chi connectivity index (χ1v) is 12.8. The molecule has 33 heavy (non-hydrogen) atoms. The number of rotatable bonds is 8. The quantitative estimate of drug-likeness (QED) is 0.322. The molecule has 1 nitrogen and oxygen atoms in total. The molecule has 4 rings (SSSR count). The van der Waals surface area contributed by atoms with Crippen molar-refractivity contribution < 1.29 is 4.79 Å². The van der Waals surface area contributed by atoms with Gasteiger partial charge in [0, 0.05) is 12.0 Å². The summed E-state index contributed by atoms with van der Waals surface area (Å²) in [4.78, 5) is 13.0. The summed E-state index contributed by atoms with van der Waals surface area (Å²) in [6, 6.07) is 23.9. The summed E-state index contributed by atoms with van der Waals surface area (Å²) in [6.07, 6.45) is 8.63. The maximum atomic E-state index is 13.0. The van der Waals surface area contributed by atoms with Crippen LogP contribution in [0.15, 0.2) is 66.7 Å². The van der Waals surface area contributed by atoms with Gasteiger partial charge in [0.1, 0.15) is 0 Å². The smallest absolute Gasteiger partial charge is 0.163 e. The number of hydrogen-bond donors (Lipinski definition) is 0. The Morgan fingerprint density at radius 2 is 1.30 bits per heavy atom. The van der Waals surface area contributed by atoms with Gasteiger partial charge in [-0.05, 0) is 104 Å². The van der Waals surface area contributed by atoms with Gasteiger partial charge in [-0.25, -0.2) is 0 Å². The second-order valence-electron chi connectivity index (χ2n) is 9.92. The van der Waals surface area contributed by atoms with Crippen molar-refractivity contribution in [1.82, 2.24) is 0 Å². The van der Waals surface area contributed by atoms with Crippen LogP contribution in [0.1, 0.15) is 101 Å². The Morgan fingerprint density at radius 1 is 0.727 bits per heavy atom. The van der Waals surface area contributed by atoms with Crippen LogP contribution in [-0.4, -0.2) is 5.78 Å². The van der Waals surface area contributed by atoms with Crippen LogP contribution in [0.25, 0.3) is 0 Å². The van der Waals surface area contributed by atoms with Crippen LogP contribution in [-0.2, 0) is 12.8 Å². The molecule has 172 valence electrons. The van der Waals surface area contributed by atoms with Gasteiger partial charge in [0.25, 0.3) is 0 Å². The Labute approximate surface area is 200 Å². The Bertz CT molecular complexity index is 1090. The molecule has 3 aromatic rings. The molecule has 3 aromatic carbocycles. The largest absolute Gasteiger partial charge is 0.294 e. The van der Waals surface area contributed by atoms with Crippen molar-refractivity contribution >= 4 is 5.78 Å². The van der Waals surface area contributed by atoms with Gasteiger partial charge in [-0.15, -0.1) is 0 Å². The predicted octanol–water partition coefficient (Wildman–Crippen LogP) is 8.51. The number of benzene rings is 3. The van der Waals surface area contributed by atoms with Gasteiger partial charge in [0.05, 0.1) is 0 Å². The Morgan fingerprint density at radius 3 is 1.91 bits per heavy atom. The molecule has 0 spiro atoms. The fourth-order valence-corrected chi connectivity index (χ4v) is 5.77. The molecule has 1 aliphatic rings. The molecule has 1 heteroatoms. The normalized spacial score (nSPS) is 18.3. The van der Waals surface area contributed by atoms with Crippen molar-refractivity contribution in [2.75, 3.05) is 0 Å². The molecule has 0 heterocycles. The van der Waals surface area contributed by atoms with Gasteiger partial charge in [0.2, 0.25) is 0 Å². The van der Waals surface area contributed by atoms with Crippen LogP contribution in [0.4, 0.5) is 0 Å². The molecule has 0 aromatic heterocycles. The van der Waals surface area contributed by atoms with Gasteiger partial charge < -0.3 is 0 Å². The minimum absolute atomic E-state index is 0.263. The first-order valence-electron chi connectivity index (χ1n) is 12.8. The van der Waals surface area contributed by atoms with E-state index in [1.165, 1.54) is 59.1 Å². The third kappa shape index (κ3) is 5.64. The lowest BCUT2D eigenvalue weighted by atomic mass is 9.74. The Kier molecular flexibility index (Phi) is 7.81. The molecule has 0 amide bonds. The lowest BCUT2D eigenvalue weighted by molar-refractivity contribution is 0.0982. The van der Waals surface area contributed by atoms with Crippen molar-refractivity contribution in [1.29, 1.82) is 0 Å². The van der Waals surface area contributed by atoms with E-state index >= 15 is 0 Å². The van der Waals surface area contributed by atoms with Crippen molar-refractivity contribution in [2.45, 2.75) is 84.0 Å². The number of ketones is 1. The van der Waals surface area contributed by atoms with Gasteiger partial charge in [-0.2, -0.15) is 0 Å². The van der Waals surface area contributed by atoms with Crippen LogP contribution in [0.2, 0.25) is 0 Å². The summed E-state index contributed by atoms with van der Waals surface area (Å²) in [5, 5.41) is 0. The molecule has 0 unspecified atom stereocenters. The first-order chi connectivity index (χ1) is 16.1. The summed E-state index contributed by atoms with van der Waals surface area (Å²) in [6.45, 7) is 6.64. The maximum Gasteiger partial charge on any atom is 0.163 e. The number of hydrogen-bond acceptors (Lipinski definition) is 1. The average Bonchev–Trinajstić information content (AvgIpc) is 2.84. The molecular weight excluding hydrogens is 400 g/mol. The fraction of sp³-hybridized carbons (Fsp3) is 0.406. The van der Waals surface area contributed by atoms with E-state index in [9.17, 15) is 4.79 Å². The highest BCUT2D eigenvalue weighted by molar-refractivity contribution is 5.96. The standard InChI is InChI=1S/C32H38O/c1-4-9-25-11-6-7-12-26(25)19-21-32(33)29-18-20-31(24(3)22-29)28-16-14-27(15-17-28)30-13-8-5-10-23(30)2/h5-8,10-13,18,20,22,27-28H,4,9,14-17,19,21H2,1-3H3. The van der Waals surface area contributed by atoms with E-state index < -0.39 is 0 Å². The van der Waals surface area contributed by atoms with Crippen molar-refractivity contribution in [3.63, 3.8) is 0 Å². The maximum absolute atomic E-state index is 13.0. The van der Waals surface area contributed by atoms with Crippen LogP contribution >= 0.6 is 0 Å². The monoisotopic (exact) mass is 438 g/mol. The molecule has 1 fully saturated rings. The van der Waals surface area contributed by atoms with E-state index in [4.69, 9.17) is 0 Å². The van der Waals surface area contributed by atoms with Crippen LogP contribution in [0.5, 0.6) is 0 Å². The zero-order valence-electron chi connectivity index (χ0n) is 20.6. The highest BCUT2D eigenvalue weighted by atomic mass is 16.1. The third-order valence-electron chi connectivity index (χ3n) is 7.65. The third-order valence-corrected chi connectivity index (χ3v) is 7.65. The van der Waals surface area contributed by atoms with E-state index in [-0.39, 0.29) is 5.78 Å². The van der Waals surface area contributed by atoms with E-state index in [0.29, 0.717) is 18.3 Å². The second kappa shape index (κ2) is 11.0. The summed E-state index contributed by atoms with van der Waals surface area (Å²) in [7, 11) is 0. The lowest BCUT2D eigenvalue weighted by Gasteiger charge is -2.31. The van der Waals surface area contributed by atoms with Gasteiger partial charge >= 0.3 is 0 Å². The molecule has 1 saturated carbocycles. The zero-order valence-corrected chi connectivity index (χ0v) is 20.6. The van der Waals surface area contributed by atoms with E-state index in [1.807, 2.05) is 0 Å². The molecular formula is C32H38O. The highest BCUT2D eigenvalue weighted by Crippen LogP contribution is 2.42. The fourth-order valence-electron chi connectivity index (χ4n) is 5.77. The van der Waals surface area contributed by atoms with Gasteiger partial charge in [-0.3, -0.25) is 4.79 Å². The van der Waals surface area contributed by atoms with Gasteiger partial charge in [-0.1, -0.05) is 74.0 Å². The second-order valence-corrected chi connectivity index (χ2v) is 9.92. The van der Waals surface area contributed by atoms with E-state index in [2.05, 4.69) is 87.5 Å². The molecule has 0 atom stereocenters. The predicted molar refractivity (Wildman–Crippen MR) is 139 cm³/mol. The number of Topliss-reactive ketones (excluding diaryl/α,β-unsaturated/α-hetero) is 1. The lowest BCUT2D eigenvalue weighted by Crippen LogP contribution is -2.14. The zero-order chi connectivity index (χ0) is 23.2. The summed E-state index contributed by atoms with van der Waals surface area (Å²) in [5.41, 5.74) is 9.28. The Balaban J connectivity index is 1.37. The van der Waals surface area contributed by atoms with Crippen molar-refractivity contribution in [3.8, 4) is 0 Å². The topological polar surface area (TPSA) is 17.1 Å². The first kappa shape index (κ1) is 23.5. The summed E-state index contributed by atoms with van der Waals surface area (Å²) >= 11 is 0. The van der Waals surface area contributed by atoms with Crippen LogP contribution in [0, 0.1) is 13.8 Å². The molecule has 1 aliphatic carbocycles. The van der Waals surface area contributed by atoms with Crippen LogP contribution in [0.3, 0.4) is 0 Å². The highest BCUT2D eigenvalue weighted by Gasteiger charge is 2.25. The number of carbonyl (C=O) groups is 1. The number of carbonyl (C=O) groups excluding carboxylic acids is 1. The molecule has 0 radical (unpaired) electrons. The van der Waals surface area contributed by atoms with Crippen molar-refractivity contribution in [3.05, 3.63) is 106 Å². The molecule has 0 saturated heterocycles. The van der Waals surface area contributed by atoms with Crippen molar-refractivity contribution in [2.24, 2.45) is 0 Å². The molecule has 0 N–H and O–H groups in total. The van der Waals surface area contributed by atoms with Gasteiger partial charge in [0.15, 0.2) is 5.78 Å². The summed E-state index contributed by atoms with van der Waals surface area (Å²) < 4.78 is 0. The van der Waals surface area contributed by atoms with E-state index in [1.54, 1.807) is 0 Å².